The lowest BCUT2D eigenvalue weighted by atomic mass is 10.1. The normalized spacial score (nSPS) is 13.7. The predicted octanol–water partition coefficient (Wildman–Crippen LogP) is 3.73. The van der Waals surface area contributed by atoms with E-state index in [-0.39, 0.29) is 24.1 Å². The predicted molar refractivity (Wildman–Crippen MR) is 127 cm³/mol. The van der Waals surface area contributed by atoms with Crippen LogP contribution in [0.1, 0.15) is 34.7 Å². The van der Waals surface area contributed by atoms with Crippen LogP contribution in [0.15, 0.2) is 59.1 Å². The molecule has 2 heterocycles. The Kier molecular flexibility index (Phi) is 5.67. The van der Waals surface area contributed by atoms with Crippen LogP contribution in [-0.2, 0) is 11.3 Å². The molecule has 0 aliphatic heterocycles. The van der Waals surface area contributed by atoms with Gasteiger partial charge in [0.05, 0.1) is 23.7 Å². The lowest BCUT2D eigenvalue weighted by molar-refractivity contribution is -0.124. The molecule has 1 fully saturated rings. The first-order chi connectivity index (χ1) is 17.0. The van der Waals surface area contributed by atoms with Gasteiger partial charge in [0.1, 0.15) is 17.3 Å². The second-order valence-electron chi connectivity index (χ2n) is 8.25. The first-order valence-electron chi connectivity index (χ1n) is 10.9. The molecule has 2 aromatic carbocycles. The largest absolute Gasteiger partial charge is 0.479 e. The molecule has 0 spiro atoms. The van der Waals surface area contributed by atoms with E-state index in [1.54, 1.807) is 0 Å². The number of hydrogen-bond donors (Lipinski definition) is 2. The molecular formula is C25H20ClN5O4. The highest BCUT2D eigenvalue weighted by Gasteiger charge is 2.51. The second kappa shape index (κ2) is 8.81. The van der Waals surface area contributed by atoms with E-state index in [0.717, 1.165) is 22.2 Å². The number of rotatable bonds is 7. The summed E-state index contributed by atoms with van der Waals surface area (Å²) < 4.78 is 11.7. The number of nitriles is 1. The zero-order chi connectivity index (χ0) is 24.6. The van der Waals surface area contributed by atoms with Gasteiger partial charge in [0.2, 0.25) is 11.7 Å². The monoisotopic (exact) mass is 489 g/mol. The maximum Gasteiger partial charge on any atom is 0.290 e. The van der Waals surface area contributed by atoms with Gasteiger partial charge in [-0.05, 0) is 41.8 Å². The summed E-state index contributed by atoms with van der Waals surface area (Å²) in [5.41, 5.74) is 1.90. The molecule has 10 heteroatoms. The van der Waals surface area contributed by atoms with E-state index in [1.807, 2.05) is 53.1 Å². The van der Waals surface area contributed by atoms with Crippen LogP contribution in [0.25, 0.3) is 16.6 Å². The van der Waals surface area contributed by atoms with Crippen LogP contribution in [0.4, 0.5) is 0 Å². The Morgan fingerprint density at radius 3 is 2.63 bits per heavy atom. The van der Waals surface area contributed by atoms with Gasteiger partial charge in [0.15, 0.2) is 0 Å². The number of fused-ring (bicyclic) bond motifs is 1. The van der Waals surface area contributed by atoms with E-state index >= 15 is 0 Å². The molecule has 4 aromatic rings. The molecule has 0 bridgehead atoms. The maximum atomic E-state index is 12.8. The minimum Gasteiger partial charge on any atom is -0.479 e. The van der Waals surface area contributed by atoms with Crippen molar-refractivity contribution in [1.29, 1.82) is 5.26 Å². The van der Waals surface area contributed by atoms with Gasteiger partial charge in [-0.3, -0.25) is 14.2 Å². The summed E-state index contributed by atoms with van der Waals surface area (Å²) >= 11 is 6.42. The fraction of sp³-hybridized carbons (Fsp3) is 0.200. The molecule has 5 rings (SSSR count). The first-order valence-corrected chi connectivity index (χ1v) is 11.2. The van der Waals surface area contributed by atoms with Gasteiger partial charge >= 0.3 is 0 Å². The molecule has 2 N–H and O–H groups in total. The van der Waals surface area contributed by atoms with Crippen LogP contribution in [0.5, 0.6) is 5.88 Å². The molecule has 0 radical (unpaired) electrons. The molecule has 35 heavy (non-hydrogen) atoms. The van der Waals surface area contributed by atoms with Crippen molar-refractivity contribution in [3.63, 3.8) is 0 Å². The third kappa shape index (κ3) is 4.09. The fourth-order valence-electron chi connectivity index (χ4n) is 3.96. The minimum absolute atomic E-state index is 0.0223. The van der Waals surface area contributed by atoms with E-state index < -0.39 is 11.4 Å². The highest BCUT2D eigenvalue weighted by Crippen LogP contribution is 2.36. The van der Waals surface area contributed by atoms with Gasteiger partial charge in [-0.25, -0.2) is 0 Å². The van der Waals surface area contributed by atoms with Crippen LogP contribution >= 0.6 is 11.6 Å². The van der Waals surface area contributed by atoms with Gasteiger partial charge in [-0.2, -0.15) is 5.26 Å². The van der Waals surface area contributed by atoms with Crippen molar-refractivity contribution >= 4 is 34.3 Å². The highest BCUT2D eigenvalue weighted by atomic mass is 35.5. The smallest absolute Gasteiger partial charge is 0.290 e. The van der Waals surface area contributed by atoms with Gasteiger partial charge in [0.25, 0.3) is 11.8 Å². The summed E-state index contributed by atoms with van der Waals surface area (Å²) in [6.07, 6.45) is 1.07. The van der Waals surface area contributed by atoms with E-state index in [9.17, 15) is 14.9 Å². The fourth-order valence-corrected chi connectivity index (χ4v) is 4.24. The van der Waals surface area contributed by atoms with Crippen molar-refractivity contribution < 1.29 is 18.8 Å². The summed E-state index contributed by atoms with van der Waals surface area (Å²) in [6.45, 7) is 0.283. The third-order valence-electron chi connectivity index (χ3n) is 6.03. The summed E-state index contributed by atoms with van der Waals surface area (Å²) in [4.78, 5) is 25.2. The van der Waals surface area contributed by atoms with Crippen molar-refractivity contribution in [2.45, 2.75) is 24.9 Å². The van der Waals surface area contributed by atoms with Crippen molar-refractivity contribution in [2.75, 3.05) is 7.11 Å². The summed E-state index contributed by atoms with van der Waals surface area (Å²) in [7, 11) is 1.42. The molecule has 2 amide bonds. The number of ether oxygens (including phenoxy) is 1. The number of benzene rings is 2. The van der Waals surface area contributed by atoms with Crippen LogP contribution in [0.2, 0.25) is 5.02 Å². The molecule has 9 nitrogen and oxygen atoms in total. The lowest BCUT2D eigenvalue weighted by Crippen LogP contribution is -2.48. The summed E-state index contributed by atoms with van der Waals surface area (Å²) in [5.74, 6) is -0.629. The van der Waals surface area contributed by atoms with E-state index in [4.69, 9.17) is 20.9 Å². The quantitative estimate of drug-likeness (QED) is 0.408. The zero-order valence-electron chi connectivity index (χ0n) is 18.7. The molecule has 1 aliphatic carbocycles. The Hall–Kier alpha value is -4.29. The Bertz CT molecular complexity index is 1480. The second-order valence-corrected chi connectivity index (χ2v) is 8.62. The molecule has 0 unspecified atom stereocenters. The van der Waals surface area contributed by atoms with Crippen molar-refractivity contribution in [3.8, 4) is 17.6 Å². The standard InChI is InChI=1S/C25H20ClN5O4/c1-34-21-12-20(35-30-21)23(32)29-25(10-11-25)24(33)28-14-15-6-8-16(9-7-15)31-18-5-3-2-4-17(18)22(26)19(31)13-27/h2-9,12H,10-11,14H2,1H3,(H,28,33)(H,29,32). The maximum absolute atomic E-state index is 12.8. The Labute approximate surface area is 205 Å². The molecule has 1 saturated carbocycles. The average molecular weight is 490 g/mol. The molecule has 0 saturated heterocycles. The number of carbonyl (C=O) groups excluding carboxylic acids is 2. The number of halogens is 1. The topological polar surface area (TPSA) is 122 Å². The number of carbonyl (C=O) groups is 2. The van der Waals surface area contributed by atoms with Crippen LogP contribution in [0.3, 0.4) is 0 Å². The van der Waals surface area contributed by atoms with Gasteiger partial charge < -0.3 is 19.9 Å². The number of nitrogens with zero attached hydrogens (tertiary/aromatic N) is 3. The minimum atomic E-state index is -0.959. The van der Waals surface area contributed by atoms with E-state index in [2.05, 4.69) is 21.9 Å². The number of aromatic nitrogens is 2. The lowest BCUT2D eigenvalue weighted by Gasteiger charge is -2.16. The average Bonchev–Trinajstić information content (AvgIpc) is 3.39. The van der Waals surface area contributed by atoms with Crippen LogP contribution in [-0.4, -0.2) is 34.2 Å². The van der Waals surface area contributed by atoms with Crippen LogP contribution < -0.4 is 15.4 Å². The van der Waals surface area contributed by atoms with Crippen molar-refractivity contribution in [1.82, 2.24) is 20.4 Å². The number of nitrogens with one attached hydrogen (secondary N) is 2. The molecule has 2 aromatic heterocycles. The summed E-state index contributed by atoms with van der Waals surface area (Å²) in [5, 5.41) is 20.1. The SMILES string of the molecule is COc1cc(C(=O)NC2(C(=O)NCc3ccc(-n4c(C#N)c(Cl)c5ccccc54)cc3)CC2)on1. The number of para-hydroxylation sites is 1. The molecule has 1 aliphatic rings. The first kappa shape index (κ1) is 22.5. The zero-order valence-corrected chi connectivity index (χ0v) is 19.4. The third-order valence-corrected chi connectivity index (χ3v) is 6.41. The Balaban J connectivity index is 1.26. The van der Waals surface area contributed by atoms with Gasteiger partial charge in [-0.1, -0.05) is 41.9 Å². The van der Waals surface area contributed by atoms with E-state index in [0.29, 0.717) is 23.6 Å². The number of methoxy groups -OCH3 is 1. The van der Waals surface area contributed by atoms with Crippen molar-refractivity contribution in [3.05, 3.63) is 76.6 Å². The Morgan fingerprint density at radius 1 is 1.23 bits per heavy atom. The molecule has 176 valence electrons. The van der Waals surface area contributed by atoms with Gasteiger partial charge in [-0.15, -0.1) is 0 Å². The Morgan fingerprint density at radius 2 is 1.97 bits per heavy atom. The molecule has 0 atom stereocenters. The number of amides is 2. The molecular weight excluding hydrogens is 470 g/mol. The van der Waals surface area contributed by atoms with Crippen LogP contribution in [0, 0.1) is 11.3 Å². The summed E-state index contributed by atoms with van der Waals surface area (Å²) in [6, 6.07) is 18.6. The van der Waals surface area contributed by atoms with Gasteiger partial charge in [0, 0.05) is 17.6 Å². The number of hydrogen-bond acceptors (Lipinski definition) is 6. The van der Waals surface area contributed by atoms with Crippen molar-refractivity contribution in [2.24, 2.45) is 0 Å². The highest BCUT2D eigenvalue weighted by molar-refractivity contribution is 6.37. The van der Waals surface area contributed by atoms with E-state index in [1.165, 1.54) is 13.2 Å².